The Morgan fingerprint density at radius 2 is 1.96 bits per heavy atom. The largest absolute Gasteiger partial charge is 0.472 e. The molecule has 0 fully saturated rings. The highest BCUT2D eigenvalue weighted by molar-refractivity contribution is 6.30. The fourth-order valence-corrected chi connectivity index (χ4v) is 3.06. The number of fused-ring (bicyclic) bond motifs is 1. The van der Waals surface area contributed by atoms with Gasteiger partial charge >= 0.3 is 0 Å². The Hall–Kier alpha value is -3.38. The lowest BCUT2D eigenvalue weighted by molar-refractivity contribution is 0.0963. The highest BCUT2D eigenvalue weighted by Crippen LogP contribution is 2.22. The first-order valence-electron chi connectivity index (χ1n) is 8.68. The number of carbonyl (C=O) groups excluding carboxylic acids is 1. The van der Waals surface area contributed by atoms with Gasteiger partial charge in [0, 0.05) is 29.3 Å². The van der Waals surface area contributed by atoms with Crippen LogP contribution in [0.1, 0.15) is 15.9 Å². The van der Waals surface area contributed by atoms with Crippen molar-refractivity contribution in [1.29, 1.82) is 0 Å². The molecule has 0 aliphatic carbocycles. The van der Waals surface area contributed by atoms with Gasteiger partial charge in [-0.25, -0.2) is 9.50 Å². The molecule has 0 unspecified atom stereocenters. The fourth-order valence-electron chi connectivity index (χ4n) is 2.85. The first-order chi connectivity index (χ1) is 13.6. The molecule has 2 heterocycles. The lowest BCUT2D eigenvalue weighted by atomic mass is 10.1. The minimum atomic E-state index is -0.125. The number of imidazole rings is 1. The topological polar surface area (TPSA) is 68.5 Å². The lowest BCUT2D eigenvalue weighted by Crippen LogP contribution is -2.17. The second kappa shape index (κ2) is 7.70. The van der Waals surface area contributed by atoms with Crippen LogP contribution in [0.15, 0.2) is 66.9 Å². The van der Waals surface area contributed by atoms with Gasteiger partial charge < -0.3 is 10.1 Å². The van der Waals surface area contributed by atoms with Crippen LogP contribution in [0.2, 0.25) is 5.02 Å². The van der Waals surface area contributed by atoms with E-state index in [4.69, 9.17) is 16.3 Å². The van der Waals surface area contributed by atoms with Crippen molar-refractivity contribution in [1.82, 2.24) is 19.9 Å². The summed E-state index contributed by atoms with van der Waals surface area (Å²) in [5, 5.41) is 7.82. The van der Waals surface area contributed by atoms with Crippen molar-refractivity contribution in [3.63, 3.8) is 0 Å². The van der Waals surface area contributed by atoms with Crippen molar-refractivity contribution in [3.05, 3.63) is 83.0 Å². The van der Waals surface area contributed by atoms with Crippen LogP contribution >= 0.6 is 11.6 Å². The number of carbonyl (C=O) groups is 1. The second-order valence-electron chi connectivity index (χ2n) is 6.16. The molecule has 4 rings (SSSR count). The summed E-state index contributed by atoms with van der Waals surface area (Å²) < 4.78 is 7.53. The smallest absolute Gasteiger partial charge is 0.251 e. The average molecular weight is 393 g/mol. The molecule has 0 aliphatic heterocycles. The van der Waals surface area contributed by atoms with E-state index in [1.54, 1.807) is 36.0 Å². The third kappa shape index (κ3) is 3.68. The highest BCUT2D eigenvalue weighted by Gasteiger charge is 2.10. The monoisotopic (exact) mass is 392 g/mol. The molecule has 0 atom stereocenters. The third-order valence-electron chi connectivity index (χ3n) is 4.28. The Labute approximate surface area is 166 Å². The van der Waals surface area contributed by atoms with Gasteiger partial charge in [0.2, 0.25) is 5.88 Å². The Morgan fingerprint density at radius 1 is 1.14 bits per heavy atom. The van der Waals surface area contributed by atoms with E-state index in [0.717, 1.165) is 16.8 Å². The van der Waals surface area contributed by atoms with Gasteiger partial charge in [-0.05, 0) is 35.9 Å². The first kappa shape index (κ1) is 18.0. The van der Waals surface area contributed by atoms with E-state index >= 15 is 0 Å². The molecule has 0 spiro atoms. The summed E-state index contributed by atoms with van der Waals surface area (Å²) >= 11 is 6.01. The summed E-state index contributed by atoms with van der Waals surface area (Å²) in [6, 6.07) is 18.4. The summed E-state index contributed by atoms with van der Waals surface area (Å²) in [7, 11) is 1.61. The Bertz CT molecular complexity index is 1140. The molecule has 1 N–H and O–H groups in total. The van der Waals surface area contributed by atoms with Crippen LogP contribution < -0.4 is 10.1 Å². The highest BCUT2D eigenvalue weighted by atomic mass is 35.5. The van der Waals surface area contributed by atoms with Gasteiger partial charge in [-0.3, -0.25) is 4.79 Å². The Kier molecular flexibility index (Phi) is 4.95. The molecule has 0 saturated heterocycles. The summed E-state index contributed by atoms with van der Waals surface area (Å²) in [5.74, 6) is 0.355. The van der Waals surface area contributed by atoms with E-state index in [2.05, 4.69) is 15.4 Å². The van der Waals surface area contributed by atoms with E-state index in [1.165, 1.54) is 0 Å². The molecule has 7 heteroatoms. The predicted octanol–water partition coefficient (Wildman–Crippen LogP) is 3.99. The van der Waals surface area contributed by atoms with Gasteiger partial charge in [0.1, 0.15) is 6.61 Å². The van der Waals surface area contributed by atoms with Crippen LogP contribution in [-0.2, 0) is 6.61 Å². The molecule has 0 aliphatic rings. The predicted molar refractivity (Wildman–Crippen MR) is 108 cm³/mol. The molecule has 1 amide bonds. The van der Waals surface area contributed by atoms with Gasteiger partial charge in [-0.1, -0.05) is 35.9 Å². The zero-order valence-corrected chi connectivity index (χ0v) is 15.8. The number of nitrogens with zero attached hydrogens (tertiary/aromatic N) is 3. The van der Waals surface area contributed by atoms with Crippen molar-refractivity contribution in [2.75, 3.05) is 7.05 Å². The van der Waals surface area contributed by atoms with Gasteiger partial charge in [0.25, 0.3) is 5.91 Å². The second-order valence-corrected chi connectivity index (χ2v) is 6.60. The van der Waals surface area contributed by atoms with Crippen LogP contribution in [-0.4, -0.2) is 27.6 Å². The van der Waals surface area contributed by atoms with Crippen molar-refractivity contribution in [2.45, 2.75) is 6.61 Å². The number of rotatable bonds is 5. The number of benzene rings is 2. The van der Waals surface area contributed by atoms with Crippen LogP contribution in [0.25, 0.3) is 16.9 Å². The molecule has 28 heavy (non-hydrogen) atoms. The number of nitrogens with one attached hydrogen (secondary N) is 1. The zero-order valence-electron chi connectivity index (χ0n) is 15.1. The summed E-state index contributed by atoms with van der Waals surface area (Å²) in [6.45, 7) is 0.365. The van der Waals surface area contributed by atoms with Gasteiger partial charge in [-0.15, -0.1) is 5.10 Å². The minimum absolute atomic E-state index is 0.125. The van der Waals surface area contributed by atoms with E-state index in [0.29, 0.717) is 28.7 Å². The van der Waals surface area contributed by atoms with E-state index in [1.807, 2.05) is 42.5 Å². The molecule has 4 aromatic rings. The number of amides is 1. The standard InChI is InChI=1S/C21H17ClN4O2/c1-23-21(27)16-7-5-15(6-8-16)18-12-24-19-9-10-20(25-26(18)19)28-13-14-3-2-4-17(22)11-14/h2-12H,13H2,1H3,(H,23,27). The van der Waals surface area contributed by atoms with Crippen molar-refractivity contribution >= 4 is 23.2 Å². The van der Waals surface area contributed by atoms with Crippen molar-refractivity contribution < 1.29 is 9.53 Å². The molecule has 0 bridgehead atoms. The van der Waals surface area contributed by atoms with Gasteiger partial charge in [0.05, 0.1) is 11.9 Å². The van der Waals surface area contributed by atoms with E-state index in [9.17, 15) is 4.79 Å². The normalized spacial score (nSPS) is 10.8. The molecule has 2 aromatic heterocycles. The third-order valence-corrected chi connectivity index (χ3v) is 4.52. The first-order valence-corrected chi connectivity index (χ1v) is 9.06. The molecule has 6 nitrogen and oxygen atoms in total. The number of halogens is 1. The Morgan fingerprint density at radius 3 is 2.71 bits per heavy atom. The lowest BCUT2D eigenvalue weighted by Gasteiger charge is -2.07. The molecule has 0 radical (unpaired) electrons. The number of hydrogen-bond acceptors (Lipinski definition) is 4. The summed E-state index contributed by atoms with van der Waals surface area (Å²) in [6.07, 6.45) is 1.75. The van der Waals surface area contributed by atoms with Crippen LogP contribution in [0, 0.1) is 0 Å². The van der Waals surface area contributed by atoms with E-state index < -0.39 is 0 Å². The molecule has 2 aromatic carbocycles. The van der Waals surface area contributed by atoms with Crippen LogP contribution in [0.5, 0.6) is 5.88 Å². The van der Waals surface area contributed by atoms with Gasteiger partial charge in [0.15, 0.2) is 5.65 Å². The SMILES string of the molecule is CNC(=O)c1ccc(-c2cnc3ccc(OCc4cccc(Cl)c4)nn23)cc1. The zero-order chi connectivity index (χ0) is 19.5. The van der Waals surface area contributed by atoms with Crippen LogP contribution in [0.3, 0.4) is 0 Å². The molecular formula is C21H17ClN4O2. The quantitative estimate of drug-likeness (QED) is 0.557. The summed E-state index contributed by atoms with van der Waals surface area (Å²) in [5.41, 5.74) is 3.98. The van der Waals surface area contributed by atoms with Crippen molar-refractivity contribution in [3.8, 4) is 17.1 Å². The van der Waals surface area contributed by atoms with E-state index in [-0.39, 0.29) is 5.91 Å². The van der Waals surface area contributed by atoms with Crippen LogP contribution in [0.4, 0.5) is 0 Å². The number of hydrogen-bond donors (Lipinski definition) is 1. The molecule has 0 saturated carbocycles. The Balaban J connectivity index is 1.60. The van der Waals surface area contributed by atoms with Gasteiger partial charge in [-0.2, -0.15) is 0 Å². The maximum Gasteiger partial charge on any atom is 0.251 e. The minimum Gasteiger partial charge on any atom is -0.472 e. The fraction of sp³-hybridized carbons (Fsp3) is 0.0952. The molecule has 140 valence electrons. The maximum atomic E-state index is 11.7. The average Bonchev–Trinajstić information content (AvgIpc) is 3.15. The maximum absolute atomic E-state index is 11.7. The number of aromatic nitrogens is 3. The van der Waals surface area contributed by atoms with Crippen molar-refractivity contribution in [2.24, 2.45) is 0 Å². The number of ether oxygens (including phenoxy) is 1. The molecular weight excluding hydrogens is 376 g/mol. The summed E-state index contributed by atoms with van der Waals surface area (Å²) in [4.78, 5) is 16.1.